The van der Waals surface area contributed by atoms with Crippen LogP contribution in [0.5, 0.6) is 0 Å². The maximum Gasteiger partial charge on any atom is 0.269 e. The van der Waals surface area contributed by atoms with Crippen LogP contribution in [0.25, 0.3) is 11.3 Å². The Labute approximate surface area is 159 Å². The number of aryl methyl sites for hydroxylation is 2. The van der Waals surface area contributed by atoms with Crippen LogP contribution in [0, 0.1) is 6.92 Å². The maximum absolute atomic E-state index is 12.3. The first kappa shape index (κ1) is 17.5. The van der Waals surface area contributed by atoms with Crippen LogP contribution < -0.4 is 10.6 Å². The molecule has 1 amide bonds. The van der Waals surface area contributed by atoms with Gasteiger partial charge in [0.2, 0.25) is 0 Å². The SMILES string of the molecule is CCc1ccc(CN[C@@H]2CNC(=O)c3cc(-c4ccc(C)cc4)nn32)cc1. The van der Waals surface area contributed by atoms with E-state index in [1.54, 1.807) is 0 Å². The number of hydrogen-bond donors (Lipinski definition) is 2. The molecule has 2 heterocycles. The molecule has 2 N–H and O–H groups in total. The summed E-state index contributed by atoms with van der Waals surface area (Å²) in [5, 5.41) is 11.2. The molecule has 0 radical (unpaired) electrons. The second-order valence-corrected chi connectivity index (χ2v) is 7.00. The van der Waals surface area contributed by atoms with Crippen molar-refractivity contribution >= 4 is 5.91 Å². The van der Waals surface area contributed by atoms with Crippen LogP contribution in [0.2, 0.25) is 0 Å². The van der Waals surface area contributed by atoms with E-state index in [1.165, 1.54) is 16.7 Å². The van der Waals surface area contributed by atoms with Gasteiger partial charge in [-0.2, -0.15) is 5.10 Å². The van der Waals surface area contributed by atoms with Crippen molar-refractivity contribution in [3.63, 3.8) is 0 Å². The van der Waals surface area contributed by atoms with Gasteiger partial charge in [-0.3, -0.25) is 10.1 Å². The minimum absolute atomic E-state index is 0.0669. The average molecular weight is 360 g/mol. The van der Waals surface area contributed by atoms with E-state index < -0.39 is 0 Å². The van der Waals surface area contributed by atoms with Crippen molar-refractivity contribution in [3.05, 3.63) is 77.0 Å². The molecule has 0 spiro atoms. The van der Waals surface area contributed by atoms with Crippen molar-refractivity contribution in [1.29, 1.82) is 0 Å². The van der Waals surface area contributed by atoms with Gasteiger partial charge in [-0.15, -0.1) is 0 Å². The summed E-state index contributed by atoms with van der Waals surface area (Å²) in [4.78, 5) is 12.3. The molecule has 1 aliphatic rings. The lowest BCUT2D eigenvalue weighted by molar-refractivity contribution is 0.0900. The monoisotopic (exact) mass is 360 g/mol. The molecule has 0 saturated carbocycles. The molecule has 2 aromatic carbocycles. The lowest BCUT2D eigenvalue weighted by Crippen LogP contribution is -2.45. The summed E-state index contributed by atoms with van der Waals surface area (Å²) in [7, 11) is 0. The Morgan fingerprint density at radius 1 is 1.11 bits per heavy atom. The van der Waals surface area contributed by atoms with Crippen LogP contribution >= 0.6 is 0 Å². The molecule has 0 bridgehead atoms. The molecule has 1 aliphatic heterocycles. The number of hydrogen-bond acceptors (Lipinski definition) is 3. The molecule has 0 unspecified atom stereocenters. The van der Waals surface area contributed by atoms with Crippen LogP contribution in [-0.4, -0.2) is 22.2 Å². The predicted octanol–water partition coefficient (Wildman–Crippen LogP) is 3.45. The van der Waals surface area contributed by atoms with Gasteiger partial charge < -0.3 is 5.32 Å². The molecule has 27 heavy (non-hydrogen) atoms. The van der Waals surface area contributed by atoms with Crippen molar-refractivity contribution in [1.82, 2.24) is 20.4 Å². The normalized spacial score (nSPS) is 16.1. The maximum atomic E-state index is 12.3. The third-order valence-electron chi connectivity index (χ3n) is 5.04. The highest BCUT2D eigenvalue weighted by molar-refractivity contribution is 5.94. The molecular formula is C22H24N4O. The van der Waals surface area contributed by atoms with E-state index in [9.17, 15) is 4.79 Å². The quantitative estimate of drug-likeness (QED) is 0.733. The highest BCUT2D eigenvalue weighted by Gasteiger charge is 2.27. The van der Waals surface area contributed by atoms with E-state index in [0.29, 0.717) is 12.2 Å². The molecule has 1 atom stereocenters. The van der Waals surface area contributed by atoms with Crippen molar-refractivity contribution in [2.24, 2.45) is 0 Å². The highest BCUT2D eigenvalue weighted by Crippen LogP contribution is 2.23. The van der Waals surface area contributed by atoms with Gasteiger partial charge >= 0.3 is 0 Å². The minimum atomic E-state index is -0.0776. The van der Waals surface area contributed by atoms with E-state index in [2.05, 4.69) is 60.9 Å². The fourth-order valence-electron chi connectivity index (χ4n) is 3.32. The minimum Gasteiger partial charge on any atom is -0.347 e. The number of nitrogens with one attached hydrogen (secondary N) is 2. The van der Waals surface area contributed by atoms with Gasteiger partial charge in [0.1, 0.15) is 11.9 Å². The molecule has 0 saturated heterocycles. The van der Waals surface area contributed by atoms with Gasteiger partial charge in [-0.25, -0.2) is 4.68 Å². The van der Waals surface area contributed by atoms with Crippen molar-refractivity contribution in [3.8, 4) is 11.3 Å². The summed E-state index contributed by atoms with van der Waals surface area (Å²) < 4.78 is 1.81. The lowest BCUT2D eigenvalue weighted by Gasteiger charge is -2.25. The van der Waals surface area contributed by atoms with Crippen LogP contribution in [-0.2, 0) is 13.0 Å². The number of benzene rings is 2. The number of aromatic nitrogens is 2. The van der Waals surface area contributed by atoms with Crippen molar-refractivity contribution in [2.45, 2.75) is 33.0 Å². The van der Waals surface area contributed by atoms with Crippen LogP contribution in [0.1, 0.15) is 40.3 Å². The summed E-state index contributed by atoms with van der Waals surface area (Å²) in [6.07, 6.45) is 0.976. The average Bonchev–Trinajstić information content (AvgIpc) is 3.15. The fraction of sp³-hybridized carbons (Fsp3) is 0.273. The van der Waals surface area contributed by atoms with E-state index in [-0.39, 0.29) is 12.1 Å². The third-order valence-corrected chi connectivity index (χ3v) is 5.04. The zero-order chi connectivity index (χ0) is 18.8. The molecule has 5 heteroatoms. The summed E-state index contributed by atoms with van der Waals surface area (Å²) in [5.74, 6) is -0.0776. The summed E-state index contributed by atoms with van der Waals surface area (Å²) in [5.41, 5.74) is 6.19. The number of nitrogens with zero attached hydrogens (tertiary/aromatic N) is 2. The Kier molecular flexibility index (Phi) is 4.77. The number of carbonyl (C=O) groups is 1. The van der Waals surface area contributed by atoms with Gasteiger partial charge in [0.15, 0.2) is 0 Å². The smallest absolute Gasteiger partial charge is 0.269 e. The van der Waals surface area contributed by atoms with Gasteiger partial charge in [-0.1, -0.05) is 61.0 Å². The topological polar surface area (TPSA) is 58.9 Å². The van der Waals surface area contributed by atoms with Crippen molar-refractivity contribution < 1.29 is 4.79 Å². The Hall–Kier alpha value is -2.92. The van der Waals surface area contributed by atoms with Crippen molar-refractivity contribution in [2.75, 3.05) is 6.54 Å². The standard InChI is InChI=1S/C22H24N4O/c1-3-16-6-8-17(9-7-16)13-23-21-14-24-22(27)20-12-19(25-26(20)21)18-10-4-15(2)5-11-18/h4-12,21,23H,3,13-14H2,1-2H3,(H,24,27)/t21-/m0/s1. The Balaban J connectivity index is 1.55. The highest BCUT2D eigenvalue weighted by atomic mass is 16.2. The second kappa shape index (κ2) is 7.37. The molecule has 3 aromatic rings. The Bertz CT molecular complexity index is 941. The van der Waals surface area contributed by atoms with Gasteiger partial charge in [0.05, 0.1) is 12.2 Å². The predicted molar refractivity (Wildman–Crippen MR) is 106 cm³/mol. The van der Waals surface area contributed by atoms with E-state index in [0.717, 1.165) is 24.2 Å². The summed E-state index contributed by atoms with van der Waals surface area (Å²) in [6, 6.07) is 18.7. The fourth-order valence-corrected chi connectivity index (χ4v) is 3.32. The number of amides is 1. The molecule has 5 nitrogen and oxygen atoms in total. The molecule has 1 aromatic heterocycles. The first-order valence-corrected chi connectivity index (χ1v) is 9.40. The van der Waals surface area contributed by atoms with E-state index in [1.807, 2.05) is 22.9 Å². The van der Waals surface area contributed by atoms with Crippen LogP contribution in [0.3, 0.4) is 0 Å². The van der Waals surface area contributed by atoms with Crippen LogP contribution in [0.4, 0.5) is 0 Å². The van der Waals surface area contributed by atoms with Gasteiger partial charge in [0, 0.05) is 12.1 Å². The third kappa shape index (κ3) is 3.64. The zero-order valence-corrected chi connectivity index (χ0v) is 15.7. The lowest BCUT2D eigenvalue weighted by atomic mass is 10.1. The zero-order valence-electron chi connectivity index (χ0n) is 15.7. The molecule has 0 aliphatic carbocycles. The summed E-state index contributed by atoms with van der Waals surface area (Å²) >= 11 is 0. The second-order valence-electron chi connectivity index (χ2n) is 7.00. The van der Waals surface area contributed by atoms with E-state index >= 15 is 0 Å². The van der Waals surface area contributed by atoms with E-state index in [4.69, 9.17) is 5.10 Å². The number of rotatable bonds is 5. The number of fused-ring (bicyclic) bond motifs is 1. The van der Waals surface area contributed by atoms with Gasteiger partial charge in [0.25, 0.3) is 5.91 Å². The Morgan fingerprint density at radius 3 is 2.52 bits per heavy atom. The largest absolute Gasteiger partial charge is 0.347 e. The molecule has 0 fully saturated rings. The summed E-state index contributed by atoms with van der Waals surface area (Å²) in [6.45, 7) is 5.46. The Morgan fingerprint density at radius 2 is 1.81 bits per heavy atom. The van der Waals surface area contributed by atoms with Crippen LogP contribution in [0.15, 0.2) is 54.6 Å². The number of carbonyl (C=O) groups excluding carboxylic acids is 1. The van der Waals surface area contributed by atoms with Gasteiger partial charge in [-0.05, 0) is 30.5 Å². The first-order valence-electron chi connectivity index (χ1n) is 9.40. The molecule has 138 valence electrons. The molecular weight excluding hydrogens is 336 g/mol. The molecule has 4 rings (SSSR count). The first-order chi connectivity index (χ1) is 13.1.